The first-order chi connectivity index (χ1) is 15.3. The van der Waals surface area contributed by atoms with Gasteiger partial charge in [-0.1, -0.05) is 93.8 Å². The van der Waals surface area contributed by atoms with Crippen molar-refractivity contribution in [2.45, 2.75) is 38.5 Å². The molecule has 0 amide bonds. The number of nitriles is 1. The maximum atomic E-state index is 9.29. The van der Waals surface area contributed by atoms with Crippen LogP contribution in [0.1, 0.15) is 49.9 Å². The summed E-state index contributed by atoms with van der Waals surface area (Å²) in [5.74, 6) is 0. The van der Waals surface area contributed by atoms with Crippen LogP contribution in [-0.2, 0) is 10.8 Å². The van der Waals surface area contributed by atoms with Gasteiger partial charge in [-0.25, -0.2) is 0 Å². The Kier molecular flexibility index (Phi) is 6.61. The number of hydrogen-bond donors (Lipinski definition) is 0. The third-order valence-corrected chi connectivity index (χ3v) is 6.34. The molecule has 0 radical (unpaired) electrons. The second-order valence-electron chi connectivity index (χ2n) is 8.75. The standard InChI is InChI=1S/C30H30N2/c1-7-10-25(24-13-15-26(16-14-24)29(4,5)22(3)21-31)20-28-30(6,17-18-32-28)27-12-9-11-23(8-2)19-27/h7-20H,2-3H2,1,4-6H3/b10-7-,25-20+. The molecular weight excluding hydrogens is 388 g/mol. The normalized spacial score (nSPS) is 18.5. The topological polar surface area (TPSA) is 36.1 Å². The molecule has 2 aromatic rings. The summed E-state index contributed by atoms with van der Waals surface area (Å²) < 4.78 is 0. The van der Waals surface area contributed by atoms with Crippen molar-refractivity contribution in [1.29, 1.82) is 5.26 Å². The first kappa shape index (κ1) is 23.0. The van der Waals surface area contributed by atoms with Crippen LogP contribution < -0.4 is 0 Å². The largest absolute Gasteiger partial charge is 0.260 e. The van der Waals surface area contributed by atoms with Gasteiger partial charge in [-0.15, -0.1) is 0 Å². The van der Waals surface area contributed by atoms with Crippen molar-refractivity contribution in [1.82, 2.24) is 0 Å². The fourth-order valence-electron chi connectivity index (χ4n) is 3.85. The molecule has 0 saturated heterocycles. The third-order valence-electron chi connectivity index (χ3n) is 6.34. The van der Waals surface area contributed by atoms with Crippen LogP contribution in [0.5, 0.6) is 0 Å². The molecule has 160 valence electrons. The summed E-state index contributed by atoms with van der Waals surface area (Å²) in [6.07, 6.45) is 12.2. The average Bonchev–Trinajstić information content (AvgIpc) is 3.19. The summed E-state index contributed by atoms with van der Waals surface area (Å²) in [5.41, 5.74) is 6.38. The van der Waals surface area contributed by atoms with Gasteiger partial charge in [0.25, 0.3) is 0 Å². The molecular formula is C30H30N2. The molecule has 32 heavy (non-hydrogen) atoms. The lowest BCUT2D eigenvalue weighted by molar-refractivity contribution is 0.645. The Morgan fingerprint density at radius 2 is 1.88 bits per heavy atom. The van der Waals surface area contributed by atoms with Gasteiger partial charge in [-0.3, -0.25) is 4.99 Å². The number of benzene rings is 2. The zero-order chi connectivity index (χ0) is 23.4. The van der Waals surface area contributed by atoms with Crippen LogP contribution in [0.15, 0.2) is 103 Å². The van der Waals surface area contributed by atoms with Crippen LogP contribution in [0.3, 0.4) is 0 Å². The highest BCUT2D eigenvalue weighted by Gasteiger charge is 2.32. The molecule has 2 aromatic carbocycles. The van der Waals surface area contributed by atoms with E-state index in [0.717, 1.165) is 28.0 Å². The van der Waals surface area contributed by atoms with Crippen molar-refractivity contribution in [3.05, 3.63) is 120 Å². The Bertz CT molecular complexity index is 1190. The Morgan fingerprint density at radius 1 is 1.16 bits per heavy atom. The van der Waals surface area contributed by atoms with Crippen LogP contribution in [0.2, 0.25) is 0 Å². The monoisotopic (exact) mass is 418 g/mol. The second-order valence-corrected chi connectivity index (χ2v) is 8.75. The van der Waals surface area contributed by atoms with E-state index < -0.39 is 5.41 Å². The quantitative estimate of drug-likeness (QED) is 0.337. The van der Waals surface area contributed by atoms with Gasteiger partial charge in [0.05, 0.1) is 17.2 Å². The minimum Gasteiger partial charge on any atom is -0.260 e. The molecule has 1 aliphatic heterocycles. The molecule has 0 fully saturated rings. The number of nitrogens with zero attached hydrogens (tertiary/aromatic N) is 2. The molecule has 0 aliphatic carbocycles. The first-order valence-corrected chi connectivity index (χ1v) is 10.8. The van der Waals surface area contributed by atoms with Crippen molar-refractivity contribution in [3.8, 4) is 6.07 Å². The van der Waals surface area contributed by atoms with Crippen molar-refractivity contribution >= 4 is 17.4 Å². The van der Waals surface area contributed by atoms with Gasteiger partial charge in [-0.2, -0.15) is 5.26 Å². The summed E-state index contributed by atoms with van der Waals surface area (Å²) >= 11 is 0. The molecule has 0 saturated carbocycles. The van der Waals surface area contributed by atoms with E-state index in [0.29, 0.717) is 5.57 Å². The van der Waals surface area contributed by atoms with Crippen LogP contribution >= 0.6 is 0 Å². The number of hydrogen-bond acceptors (Lipinski definition) is 2. The zero-order valence-electron chi connectivity index (χ0n) is 19.4. The van der Waals surface area contributed by atoms with Gasteiger partial charge in [0, 0.05) is 17.2 Å². The molecule has 1 unspecified atom stereocenters. The smallest absolute Gasteiger partial charge is 0.0950 e. The first-order valence-electron chi connectivity index (χ1n) is 10.8. The van der Waals surface area contributed by atoms with Crippen LogP contribution in [0.25, 0.3) is 11.6 Å². The summed E-state index contributed by atoms with van der Waals surface area (Å²) in [4.78, 5) is 4.71. The molecule has 3 rings (SSSR count). The van der Waals surface area contributed by atoms with Gasteiger partial charge in [-0.05, 0) is 53.8 Å². The summed E-state index contributed by atoms with van der Waals surface area (Å²) in [5, 5.41) is 9.29. The van der Waals surface area contributed by atoms with E-state index in [9.17, 15) is 5.26 Å². The number of aliphatic imine (C=N–C) groups is 1. The lowest BCUT2D eigenvalue weighted by Gasteiger charge is -2.25. The van der Waals surface area contributed by atoms with Crippen LogP contribution in [0, 0.1) is 11.3 Å². The minimum atomic E-state index is -0.397. The van der Waals surface area contributed by atoms with Crippen LogP contribution in [0.4, 0.5) is 0 Å². The average molecular weight is 419 g/mol. The Labute approximate surface area is 192 Å². The minimum absolute atomic E-state index is 0.307. The fourth-order valence-corrected chi connectivity index (χ4v) is 3.85. The Morgan fingerprint density at radius 3 is 2.50 bits per heavy atom. The van der Waals surface area contributed by atoms with Gasteiger partial charge in [0.2, 0.25) is 0 Å². The van der Waals surface area contributed by atoms with E-state index in [1.807, 2.05) is 39.1 Å². The van der Waals surface area contributed by atoms with Crippen molar-refractivity contribution in [3.63, 3.8) is 0 Å². The molecule has 0 spiro atoms. The van der Waals surface area contributed by atoms with E-state index in [4.69, 9.17) is 4.99 Å². The van der Waals surface area contributed by atoms with Crippen molar-refractivity contribution in [2.75, 3.05) is 0 Å². The maximum absolute atomic E-state index is 9.29. The molecule has 1 aliphatic rings. The van der Waals surface area contributed by atoms with Crippen LogP contribution in [-0.4, -0.2) is 5.71 Å². The Hall–Kier alpha value is -3.70. The highest BCUT2D eigenvalue weighted by atomic mass is 14.8. The molecule has 2 heteroatoms. The highest BCUT2D eigenvalue weighted by molar-refractivity contribution is 6.11. The van der Waals surface area contributed by atoms with E-state index in [-0.39, 0.29) is 5.41 Å². The summed E-state index contributed by atoms with van der Waals surface area (Å²) in [6, 6.07) is 19.0. The van der Waals surface area contributed by atoms with E-state index in [1.54, 1.807) is 0 Å². The van der Waals surface area contributed by atoms with E-state index in [1.165, 1.54) is 5.56 Å². The van der Waals surface area contributed by atoms with E-state index >= 15 is 0 Å². The predicted molar refractivity (Wildman–Crippen MR) is 137 cm³/mol. The molecule has 0 bridgehead atoms. The zero-order valence-corrected chi connectivity index (χ0v) is 19.4. The van der Waals surface area contributed by atoms with E-state index in [2.05, 4.69) is 92.9 Å². The molecule has 0 aromatic heterocycles. The summed E-state index contributed by atoms with van der Waals surface area (Å²) in [6.45, 7) is 16.1. The van der Waals surface area contributed by atoms with Crippen molar-refractivity contribution < 1.29 is 0 Å². The van der Waals surface area contributed by atoms with Gasteiger partial charge in [0.15, 0.2) is 0 Å². The molecule has 1 atom stereocenters. The van der Waals surface area contributed by atoms with Gasteiger partial charge < -0.3 is 0 Å². The van der Waals surface area contributed by atoms with Crippen molar-refractivity contribution in [2.24, 2.45) is 4.99 Å². The fraction of sp³-hybridized carbons (Fsp3) is 0.200. The molecule has 0 N–H and O–H groups in total. The van der Waals surface area contributed by atoms with Gasteiger partial charge >= 0.3 is 0 Å². The number of allylic oxidation sites excluding steroid dienone is 6. The third kappa shape index (κ3) is 4.34. The Balaban J connectivity index is 2.00. The lowest BCUT2D eigenvalue weighted by atomic mass is 9.77. The lowest BCUT2D eigenvalue weighted by Crippen LogP contribution is -2.27. The predicted octanol–water partition coefficient (Wildman–Crippen LogP) is 7.57. The van der Waals surface area contributed by atoms with Gasteiger partial charge in [0.1, 0.15) is 0 Å². The molecule has 2 nitrogen and oxygen atoms in total. The number of rotatable bonds is 7. The second kappa shape index (κ2) is 9.20. The molecule has 1 heterocycles. The maximum Gasteiger partial charge on any atom is 0.0950 e. The summed E-state index contributed by atoms with van der Waals surface area (Å²) in [7, 11) is 0. The SMILES string of the molecule is C=Cc1cccc(C2(C)C=CN=C2/C=C(\C=C/C)c2ccc(C(C)(C)C(=C)C#N)cc2)c1. The highest BCUT2D eigenvalue weighted by Crippen LogP contribution is 2.35.